The van der Waals surface area contributed by atoms with Crippen LogP contribution < -0.4 is 0 Å². The van der Waals surface area contributed by atoms with Crippen LogP contribution in [-0.2, 0) is 22.4 Å². The molecule has 0 spiro atoms. The molecule has 0 radical (unpaired) electrons. The molecule has 0 amide bonds. The summed E-state index contributed by atoms with van der Waals surface area (Å²) in [5.74, 6) is 0. The maximum Gasteiger partial charge on any atom is 0.416 e. The molecule has 1 aromatic rings. The summed E-state index contributed by atoms with van der Waals surface area (Å²) >= 11 is 0. The van der Waals surface area contributed by atoms with Crippen LogP contribution in [0.15, 0.2) is 23.1 Å². The van der Waals surface area contributed by atoms with E-state index in [2.05, 4.69) is 0 Å². The van der Waals surface area contributed by atoms with Gasteiger partial charge in [0.05, 0.1) is 16.0 Å². The fourth-order valence-corrected chi connectivity index (χ4v) is 4.41. The van der Waals surface area contributed by atoms with Crippen LogP contribution in [0.25, 0.3) is 0 Å². The molecule has 3 nitrogen and oxygen atoms in total. The highest BCUT2D eigenvalue weighted by molar-refractivity contribution is 7.89. The average Bonchev–Trinajstić information content (AvgIpc) is 2.45. The van der Waals surface area contributed by atoms with Crippen LogP contribution in [-0.4, -0.2) is 25.3 Å². The highest BCUT2D eigenvalue weighted by Crippen LogP contribution is 2.38. The summed E-state index contributed by atoms with van der Waals surface area (Å²) in [5.41, 5.74) is -3.28. The fourth-order valence-electron chi connectivity index (χ4n) is 2.64. The molecule has 1 atom stereocenters. The number of rotatable bonds is 2. The van der Waals surface area contributed by atoms with E-state index < -0.39 is 44.4 Å². The number of sulfonamides is 1. The van der Waals surface area contributed by atoms with Crippen molar-refractivity contribution < 1.29 is 34.8 Å². The van der Waals surface area contributed by atoms with Gasteiger partial charge in [0.2, 0.25) is 10.0 Å². The van der Waals surface area contributed by atoms with Crippen LogP contribution in [0.4, 0.5) is 26.3 Å². The van der Waals surface area contributed by atoms with E-state index in [4.69, 9.17) is 0 Å². The quantitative estimate of drug-likeness (QED) is 0.724. The molecule has 1 saturated heterocycles. The first-order chi connectivity index (χ1) is 10.8. The van der Waals surface area contributed by atoms with Crippen LogP contribution in [0.5, 0.6) is 0 Å². The van der Waals surface area contributed by atoms with E-state index in [0.29, 0.717) is 12.8 Å². The molecule has 0 aliphatic carbocycles. The molecule has 1 aromatic carbocycles. The Labute approximate surface area is 135 Å². The number of hydrogen-bond acceptors (Lipinski definition) is 2. The first-order valence-electron chi connectivity index (χ1n) is 7.15. The lowest BCUT2D eigenvalue weighted by molar-refractivity contribution is -0.143. The van der Waals surface area contributed by atoms with Crippen molar-refractivity contribution >= 4 is 10.0 Å². The largest absolute Gasteiger partial charge is 0.416 e. The van der Waals surface area contributed by atoms with Gasteiger partial charge in [0.15, 0.2) is 0 Å². The predicted octanol–water partition coefficient (Wildman–Crippen LogP) is 4.29. The Bertz CT molecular complexity index is 679. The SMILES string of the molecule is CC1CCCCN1S(=O)(=O)c1cc(C(F)(F)F)cc(C(F)(F)F)c1. The van der Waals surface area contributed by atoms with Crippen molar-refractivity contribution in [3.05, 3.63) is 29.3 Å². The Morgan fingerprint density at radius 1 is 0.958 bits per heavy atom. The van der Waals surface area contributed by atoms with E-state index >= 15 is 0 Å². The van der Waals surface area contributed by atoms with Gasteiger partial charge in [0.1, 0.15) is 0 Å². The first-order valence-corrected chi connectivity index (χ1v) is 8.59. The van der Waals surface area contributed by atoms with E-state index in [1.807, 2.05) is 0 Å². The minimum atomic E-state index is -5.08. The van der Waals surface area contributed by atoms with Crippen molar-refractivity contribution in [2.24, 2.45) is 0 Å². The molecule has 2 rings (SSSR count). The second-order valence-electron chi connectivity index (χ2n) is 5.70. The number of nitrogens with zero attached hydrogens (tertiary/aromatic N) is 1. The minimum Gasteiger partial charge on any atom is -0.207 e. The van der Waals surface area contributed by atoms with Gasteiger partial charge < -0.3 is 0 Å². The smallest absolute Gasteiger partial charge is 0.207 e. The van der Waals surface area contributed by atoms with Gasteiger partial charge in [-0.1, -0.05) is 6.42 Å². The third kappa shape index (κ3) is 3.85. The predicted molar refractivity (Wildman–Crippen MR) is 73.7 cm³/mol. The topological polar surface area (TPSA) is 37.4 Å². The zero-order valence-corrected chi connectivity index (χ0v) is 13.4. The third-order valence-corrected chi connectivity index (χ3v) is 5.90. The first kappa shape index (κ1) is 19.0. The fraction of sp³-hybridized carbons (Fsp3) is 0.571. The summed E-state index contributed by atoms with van der Waals surface area (Å²) in [6, 6.07) is -0.0520. The third-order valence-electron chi connectivity index (χ3n) is 3.91. The molecule has 10 heteroatoms. The second kappa shape index (κ2) is 6.21. The summed E-state index contributed by atoms with van der Waals surface area (Å²) in [4.78, 5) is -0.988. The molecule has 0 bridgehead atoms. The molecule has 0 saturated carbocycles. The molecule has 0 N–H and O–H groups in total. The highest BCUT2D eigenvalue weighted by atomic mass is 32.2. The number of alkyl halides is 6. The molecular formula is C14H15F6NO2S. The van der Waals surface area contributed by atoms with Crippen molar-refractivity contribution in [1.29, 1.82) is 0 Å². The van der Waals surface area contributed by atoms with Crippen LogP contribution in [0.2, 0.25) is 0 Å². The summed E-state index contributed by atoms with van der Waals surface area (Å²) < 4.78 is 103. The number of halogens is 6. The molecule has 1 unspecified atom stereocenters. The standard InChI is InChI=1S/C14H15F6NO2S/c1-9-4-2-3-5-21(9)24(22,23)12-7-10(13(15,16)17)6-11(8-12)14(18,19)20/h6-9H,2-5H2,1H3. The molecule has 1 aliphatic heterocycles. The molecule has 1 fully saturated rings. The van der Waals surface area contributed by atoms with E-state index in [9.17, 15) is 34.8 Å². The highest BCUT2D eigenvalue weighted by Gasteiger charge is 2.40. The summed E-state index contributed by atoms with van der Waals surface area (Å²) in [5, 5.41) is 0. The second-order valence-corrected chi connectivity index (χ2v) is 7.59. The van der Waals surface area contributed by atoms with Gasteiger partial charge in [-0.2, -0.15) is 30.6 Å². The summed E-state index contributed by atoms with van der Waals surface area (Å²) in [7, 11) is -4.44. The number of piperidine rings is 1. The van der Waals surface area contributed by atoms with Gasteiger partial charge >= 0.3 is 12.4 Å². The molecular weight excluding hydrogens is 360 g/mol. The Morgan fingerprint density at radius 3 is 1.88 bits per heavy atom. The van der Waals surface area contributed by atoms with Crippen LogP contribution >= 0.6 is 0 Å². The molecule has 1 heterocycles. The monoisotopic (exact) mass is 375 g/mol. The van der Waals surface area contributed by atoms with Crippen molar-refractivity contribution in [3.63, 3.8) is 0 Å². The minimum absolute atomic E-state index is 0.0705. The van der Waals surface area contributed by atoms with Crippen molar-refractivity contribution in [1.82, 2.24) is 4.31 Å². The number of benzene rings is 1. The zero-order valence-electron chi connectivity index (χ0n) is 12.6. The molecule has 1 aliphatic rings. The Kier molecular flexibility index (Phi) is 4.93. The van der Waals surface area contributed by atoms with Crippen LogP contribution in [0.3, 0.4) is 0 Å². The lowest BCUT2D eigenvalue weighted by Gasteiger charge is -2.32. The van der Waals surface area contributed by atoms with Crippen molar-refractivity contribution in [2.45, 2.75) is 49.5 Å². The van der Waals surface area contributed by atoms with Gasteiger partial charge in [0.25, 0.3) is 0 Å². The summed E-state index contributed by atoms with van der Waals surface area (Å²) in [6.45, 7) is 1.65. The average molecular weight is 375 g/mol. The molecule has 0 aromatic heterocycles. The molecule has 24 heavy (non-hydrogen) atoms. The Hall–Kier alpha value is -1.29. The molecule has 136 valence electrons. The lowest BCUT2D eigenvalue weighted by Crippen LogP contribution is -2.42. The Balaban J connectivity index is 2.60. The zero-order chi connectivity index (χ0) is 18.3. The van der Waals surface area contributed by atoms with Gasteiger partial charge in [0, 0.05) is 12.6 Å². The maximum atomic E-state index is 12.9. The Morgan fingerprint density at radius 2 is 1.46 bits per heavy atom. The van der Waals surface area contributed by atoms with Crippen molar-refractivity contribution in [2.75, 3.05) is 6.54 Å². The normalized spacial score (nSPS) is 21.0. The lowest BCUT2D eigenvalue weighted by atomic mass is 10.1. The van der Waals surface area contributed by atoms with Gasteiger partial charge in [-0.05, 0) is 38.0 Å². The van der Waals surface area contributed by atoms with E-state index in [1.165, 1.54) is 0 Å². The maximum absolute atomic E-state index is 12.9. The van der Waals surface area contributed by atoms with Crippen LogP contribution in [0.1, 0.15) is 37.3 Å². The van der Waals surface area contributed by atoms with Gasteiger partial charge in [-0.25, -0.2) is 8.42 Å². The van der Waals surface area contributed by atoms with Gasteiger partial charge in [-0.3, -0.25) is 0 Å². The van der Waals surface area contributed by atoms with Crippen LogP contribution in [0, 0.1) is 0 Å². The van der Waals surface area contributed by atoms with E-state index in [0.717, 1.165) is 10.7 Å². The number of hydrogen-bond donors (Lipinski definition) is 0. The summed E-state index contributed by atoms with van der Waals surface area (Å²) in [6.07, 6.45) is -8.40. The van der Waals surface area contributed by atoms with Gasteiger partial charge in [-0.15, -0.1) is 0 Å². The van der Waals surface area contributed by atoms with E-state index in [-0.39, 0.29) is 24.7 Å². The van der Waals surface area contributed by atoms with E-state index in [1.54, 1.807) is 6.92 Å². The van der Waals surface area contributed by atoms with Crippen molar-refractivity contribution in [3.8, 4) is 0 Å².